The van der Waals surface area contributed by atoms with Gasteiger partial charge in [0.2, 0.25) is 0 Å². The minimum absolute atomic E-state index is 0.116. The van der Waals surface area contributed by atoms with Crippen LogP contribution in [0.5, 0.6) is 5.75 Å². The minimum atomic E-state index is -3.19. The molecule has 0 radical (unpaired) electrons. The lowest BCUT2D eigenvalue weighted by molar-refractivity contribution is 0.413. The van der Waals surface area contributed by atoms with Gasteiger partial charge in [-0.25, -0.2) is 8.42 Å². The van der Waals surface area contributed by atoms with Crippen molar-refractivity contribution in [2.75, 3.05) is 14.2 Å². The maximum Gasteiger partial charge on any atom is 0.158 e. The summed E-state index contributed by atoms with van der Waals surface area (Å²) >= 11 is 0. The summed E-state index contributed by atoms with van der Waals surface area (Å²) in [5.74, 6) is 0.884. The van der Waals surface area contributed by atoms with Crippen LogP contribution in [0.4, 0.5) is 0 Å². The van der Waals surface area contributed by atoms with Gasteiger partial charge in [-0.05, 0) is 49.6 Å². The maximum absolute atomic E-state index is 12.9. The molecule has 0 heterocycles. The molecular formula is C16H25NO3S. The number of hydrogen-bond acceptors (Lipinski definition) is 4. The SMILES string of the molecule is CNC1c2cc(OC)ccc2CC1S(=O)(=O)C(C)C(C)C. The van der Waals surface area contributed by atoms with Crippen molar-refractivity contribution in [2.24, 2.45) is 5.92 Å². The number of ether oxygens (including phenoxy) is 1. The van der Waals surface area contributed by atoms with Crippen molar-refractivity contribution in [3.8, 4) is 5.75 Å². The third-order valence-corrected chi connectivity index (χ3v) is 7.53. The Labute approximate surface area is 127 Å². The van der Waals surface area contributed by atoms with E-state index in [1.54, 1.807) is 7.11 Å². The highest BCUT2D eigenvalue weighted by Crippen LogP contribution is 2.39. The minimum Gasteiger partial charge on any atom is -0.497 e. The number of nitrogens with one attached hydrogen (secondary N) is 1. The van der Waals surface area contributed by atoms with Gasteiger partial charge < -0.3 is 10.1 Å². The van der Waals surface area contributed by atoms with Crippen LogP contribution in [0.1, 0.15) is 37.9 Å². The molecule has 3 atom stereocenters. The van der Waals surface area contributed by atoms with Crippen LogP contribution in [0.25, 0.3) is 0 Å². The molecule has 1 aromatic rings. The Morgan fingerprint density at radius 3 is 2.48 bits per heavy atom. The molecule has 2 rings (SSSR count). The number of hydrogen-bond donors (Lipinski definition) is 1. The number of benzene rings is 1. The Kier molecular flexibility index (Phi) is 4.63. The molecule has 1 N–H and O–H groups in total. The second-order valence-electron chi connectivity index (χ2n) is 6.11. The van der Waals surface area contributed by atoms with E-state index in [0.29, 0.717) is 6.42 Å². The van der Waals surface area contributed by atoms with Crippen molar-refractivity contribution in [1.29, 1.82) is 0 Å². The van der Waals surface area contributed by atoms with Gasteiger partial charge in [-0.2, -0.15) is 0 Å². The predicted octanol–water partition coefficient (Wildman–Crippen LogP) is 2.34. The first kappa shape index (κ1) is 16.3. The fraction of sp³-hybridized carbons (Fsp3) is 0.625. The van der Waals surface area contributed by atoms with Crippen LogP contribution < -0.4 is 10.1 Å². The van der Waals surface area contributed by atoms with Gasteiger partial charge in [-0.3, -0.25) is 0 Å². The van der Waals surface area contributed by atoms with Gasteiger partial charge in [0.25, 0.3) is 0 Å². The average molecular weight is 311 g/mol. The summed E-state index contributed by atoms with van der Waals surface area (Å²) in [4.78, 5) is 0. The first-order valence-electron chi connectivity index (χ1n) is 7.39. The topological polar surface area (TPSA) is 55.4 Å². The average Bonchev–Trinajstić information content (AvgIpc) is 2.84. The summed E-state index contributed by atoms with van der Waals surface area (Å²) in [6, 6.07) is 5.66. The predicted molar refractivity (Wildman–Crippen MR) is 85.5 cm³/mol. The summed E-state index contributed by atoms with van der Waals surface area (Å²) in [7, 11) is 0.257. The van der Waals surface area contributed by atoms with Gasteiger partial charge in [-0.1, -0.05) is 19.9 Å². The smallest absolute Gasteiger partial charge is 0.158 e. The lowest BCUT2D eigenvalue weighted by Gasteiger charge is -2.26. The Morgan fingerprint density at radius 1 is 1.29 bits per heavy atom. The molecule has 5 heteroatoms. The molecule has 0 bridgehead atoms. The number of methoxy groups -OCH3 is 1. The molecule has 1 aliphatic rings. The van der Waals surface area contributed by atoms with Crippen LogP contribution in [0.2, 0.25) is 0 Å². The van der Waals surface area contributed by atoms with Gasteiger partial charge >= 0.3 is 0 Å². The molecule has 0 saturated carbocycles. The lowest BCUT2D eigenvalue weighted by atomic mass is 10.1. The van der Waals surface area contributed by atoms with Crippen molar-refractivity contribution in [3.63, 3.8) is 0 Å². The summed E-state index contributed by atoms with van der Waals surface area (Å²) < 4.78 is 31.1. The largest absolute Gasteiger partial charge is 0.497 e. The van der Waals surface area contributed by atoms with Crippen LogP contribution >= 0.6 is 0 Å². The van der Waals surface area contributed by atoms with Crippen molar-refractivity contribution in [2.45, 2.75) is 43.7 Å². The maximum atomic E-state index is 12.9. The highest BCUT2D eigenvalue weighted by molar-refractivity contribution is 7.92. The summed E-state index contributed by atoms with van der Waals surface area (Å²) in [6.45, 7) is 5.74. The molecular weight excluding hydrogens is 286 g/mol. The Bertz CT molecular complexity index is 610. The van der Waals surface area contributed by atoms with Crippen molar-refractivity contribution >= 4 is 9.84 Å². The van der Waals surface area contributed by atoms with Crippen molar-refractivity contribution in [1.82, 2.24) is 5.32 Å². The molecule has 0 saturated heterocycles. The van der Waals surface area contributed by atoms with Gasteiger partial charge in [0, 0.05) is 6.04 Å². The summed E-state index contributed by atoms with van der Waals surface area (Å²) in [5.41, 5.74) is 2.14. The molecule has 1 aromatic carbocycles. The fourth-order valence-electron chi connectivity index (χ4n) is 3.01. The molecule has 4 nitrogen and oxygen atoms in total. The monoisotopic (exact) mass is 311 g/mol. The summed E-state index contributed by atoms with van der Waals surface area (Å²) in [6.07, 6.45) is 0.574. The number of sulfone groups is 1. The first-order valence-corrected chi connectivity index (χ1v) is 9.00. The molecule has 0 aliphatic heterocycles. The van der Waals surface area contributed by atoms with E-state index in [0.717, 1.165) is 16.9 Å². The normalized spacial score (nSPS) is 23.1. The Balaban J connectivity index is 2.41. The van der Waals surface area contributed by atoms with Gasteiger partial charge in [0.1, 0.15) is 5.75 Å². The molecule has 3 unspecified atom stereocenters. The zero-order valence-electron chi connectivity index (χ0n) is 13.4. The number of fused-ring (bicyclic) bond motifs is 1. The lowest BCUT2D eigenvalue weighted by Crippen LogP contribution is -2.39. The standard InChI is InChI=1S/C16H25NO3S/c1-10(2)11(3)21(18,19)15-8-12-6-7-13(20-5)9-14(12)16(15)17-4/h6-7,9-11,15-17H,8H2,1-5H3. The van der Waals surface area contributed by atoms with E-state index in [4.69, 9.17) is 4.74 Å². The zero-order valence-corrected chi connectivity index (χ0v) is 14.2. The van der Waals surface area contributed by atoms with Crippen molar-refractivity contribution < 1.29 is 13.2 Å². The second-order valence-corrected chi connectivity index (χ2v) is 8.64. The molecule has 0 spiro atoms. The van der Waals surface area contributed by atoms with E-state index >= 15 is 0 Å². The molecule has 1 aliphatic carbocycles. The van der Waals surface area contributed by atoms with Gasteiger partial charge in [-0.15, -0.1) is 0 Å². The fourth-order valence-corrected chi connectivity index (χ4v) is 5.40. The molecule has 21 heavy (non-hydrogen) atoms. The highest BCUT2D eigenvalue weighted by Gasteiger charge is 2.43. The van der Waals surface area contributed by atoms with E-state index in [2.05, 4.69) is 5.32 Å². The van der Waals surface area contributed by atoms with Crippen LogP contribution in [0.3, 0.4) is 0 Å². The van der Waals surface area contributed by atoms with Gasteiger partial charge in [0.05, 0.1) is 17.6 Å². The second kappa shape index (κ2) is 5.97. The van der Waals surface area contributed by atoms with E-state index in [9.17, 15) is 8.42 Å². The van der Waals surface area contributed by atoms with E-state index < -0.39 is 15.1 Å². The molecule has 0 fully saturated rings. The third kappa shape index (κ3) is 2.81. The molecule has 118 valence electrons. The summed E-state index contributed by atoms with van der Waals surface area (Å²) in [5, 5.41) is 2.45. The number of rotatable bonds is 5. The highest BCUT2D eigenvalue weighted by atomic mass is 32.2. The van der Waals surface area contributed by atoms with Crippen LogP contribution in [0, 0.1) is 5.92 Å². The van der Waals surface area contributed by atoms with Crippen molar-refractivity contribution in [3.05, 3.63) is 29.3 Å². The third-order valence-electron chi connectivity index (χ3n) is 4.67. The van der Waals surface area contributed by atoms with Crippen LogP contribution in [-0.2, 0) is 16.3 Å². The molecule has 0 aromatic heterocycles. The van der Waals surface area contributed by atoms with E-state index in [1.165, 1.54) is 0 Å². The quantitative estimate of drug-likeness (QED) is 0.907. The molecule has 0 amide bonds. The van der Waals surface area contributed by atoms with Crippen LogP contribution in [-0.4, -0.2) is 33.1 Å². The van der Waals surface area contributed by atoms with Crippen LogP contribution in [0.15, 0.2) is 18.2 Å². The van der Waals surface area contributed by atoms with E-state index in [1.807, 2.05) is 46.0 Å². The Morgan fingerprint density at radius 2 is 1.95 bits per heavy atom. The van der Waals surface area contributed by atoms with E-state index in [-0.39, 0.29) is 17.2 Å². The Hall–Kier alpha value is -1.07. The van der Waals surface area contributed by atoms with Gasteiger partial charge in [0.15, 0.2) is 9.84 Å². The first-order chi connectivity index (χ1) is 9.82. The zero-order chi connectivity index (χ0) is 15.8.